The van der Waals surface area contributed by atoms with Crippen molar-refractivity contribution in [2.45, 2.75) is 18.7 Å². The quantitative estimate of drug-likeness (QED) is 0.173. The number of nitro benzene ring substituents is 1. The Labute approximate surface area is 196 Å². The minimum Gasteiger partial charge on any atom is -0.379 e. The van der Waals surface area contributed by atoms with Gasteiger partial charge in [0.05, 0.1) is 10.6 Å². The molecule has 0 aliphatic heterocycles. The van der Waals surface area contributed by atoms with Crippen LogP contribution in [0.15, 0.2) is 77.2 Å². The number of carbonyl (C=O) groups excluding carboxylic acids is 1. The molecule has 3 rings (SSSR count). The second kappa shape index (κ2) is 9.97. The highest BCUT2D eigenvalue weighted by Crippen LogP contribution is 2.23. The number of nitriles is 1. The fourth-order valence-corrected chi connectivity index (χ4v) is 3.79. The van der Waals surface area contributed by atoms with Gasteiger partial charge in [0.2, 0.25) is 0 Å². The van der Waals surface area contributed by atoms with Crippen molar-refractivity contribution in [3.05, 3.63) is 99.1 Å². The van der Waals surface area contributed by atoms with Crippen LogP contribution in [0.3, 0.4) is 0 Å². The van der Waals surface area contributed by atoms with Crippen LogP contribution in [0.5, 0.6) is 5.75 Å². The molecule has 0 saturated heterocycles. The summed E-state index contributed by atoms with van der Waals surface area (Å²) in [4.78, 5) is 22.9. The first kappa shape index (κ1) is 24.2. The summed E-state index contributed by atoms with van der Waals surface area (Å²) in [5.74, 6) is -0.679. The Morgan fingerprint density at radius 2 is 1.71 bits per heavy atom. The Kier molecular flexibility index (Phi) is 7.09. The Bertz CT molecular complexity index is 1420. The van der Waals surface area contributed by atoms with E-state index in [1.165, 1.54) is 60.7 Å². The number of benzene rings is 3. The minimum absolute atomic E-state index is 0.0157. The molecule has 0 aliphatic carbocycles. The third-order valence-corrected chi connectivity index (χ3v) is 6.01. The Morgan fingerprint density at radius 3 is 2.29 bits per heavy atom. The van der Waals surface area contributed by atoms with Gasteiger partial charge in [0.25, 0.3) is 11.6 Å². The van der Waals surface area contributed by atoms with E-state index in [-0.39, 0.29) is 27.6 Å². The van der Waals surface area contributed by atoms with Gasteiger partial charge in [-0.15, -0.1) is 0 Å². The molecule has 0 bridgehead atoms. The number of nitro groups is 1. The Hall–Kier alpha value is -4.49. The predicted molar refractivity (Wildman–Crippen MR) is 125 cm³/mol. The largest absolute Gasteiger partial charge is 0.379 e. The van der Waals surface area contributed by atoms with Crippen molar-refractivity contribution < 1.29 is 22.3 Å². The number of rotatable bonds is 7. The number of anilines is 1. The minimum atomic E-state index is -4.01. The molecule has 3 aromatic carbocycles. The van der Waals surface area contributed by atoms with E-state index in [9.17, 15) is 28.6 Å². The molecule has 10 heteroatoms. The van der Waals surface area contributed by atoms with E-state index in [1.54, 1.807) is 25.1 Å². The summed E-state index contributed by atoms with van der Waals surface area (Å²) in [6, 6.07) is 17.8. The van der Waals surface area contributed by atoms with Crippen molar-refractivity contribution in [3.63, 3.8) is 0 Å². The van der Waals surface area contributed by atoms with Gasteiger partial charge in [-0.05, 0) is 55.3 Å². The average Bonchev–Trinajstić information content (AvgIpc) is 2.79. The molecule has 0 saturated carbocycles. The molecule has 34 heavy (non-hydrogen) atoms. The first-order valence-electron chi connectivity index (χ1n) is 9.88. The lowest BCUT2D eigenvalue weighted by Crippen LogP contribution is -2.14. The van der Waals surface area contributed by atoms with Crippen LogP contribution in [0, 0.1) is 35.3 Å². The third kappa shape index (κ3) is 5.85. The van der Waals surface area contributed by atoms with Gasteiger partial charge in [-0.25, -0.2) is 0 Å². The maximum Gasteiger partial charge on any atom is 0.339 e. The zero-order chi connectivity index (χ0) is 24.9. The molecule has 0 radical (unpaired) electrons. The standard InChI is InChI=1S/C24H19N3O6S/c1-16-3-11-22(12-4-16)34(31,32)33-21-9-6-18(7-10-21)13-19(15-25)24(28)26-23-14-20(27(29)30)8-5-17(23)2/h3-14H,1-2H3,(H,26,28)/b19-13+. The SMILES string of the molecule is Cc1ccc(S(=O)(=O)Oc2ccc(/C=C(\C#N)C(=O)Nc3cc([N+](=O)[O-])ccc3C)cc2)cc1. The number of aryl methyl sites for hydroxylation is 2. The van der Waals surface area contributed by atoms with Crippen LogP contribution in [0.4, 0.5) is 11.4 Å². The van der Waals surface area contributed by atoms with Crippen LogP contribution in [0.2, 0.25) is 0 Å². The van der Waals surface area contributed by atoms with Crippen molar-refractivity contribution in [1.29, 1.82) is 5.26 Å². The molecule has 0 fully saturated rings. The second-order valence-electron chi connectivity index (χ2n) is 7.30. The van der Waals surface area contributed by atoms with Gasteiger partial charge in [0.15, 0.2) is 0 Å². The highest BCUT2D eigenvalue weighted by atomic mass is 32.2. The van der Waals surface area contributed by atoms with Gasteiger partial charge in [-0.2, -0.15) is 13.7 Å². The molecule has 0 spiro atoms. The van der Waals surface area contributed by atoms with Crippen molar-refractivity contribution >= 4 is 33.5 Å². The number of amides is 1. The average molecular weight is 477 g/mol. The summed E-state index contributed by atoms with van der Waals surface area (Å²) < 4.78 is 29.9. The van der Waals surface area contributed by atoms with Gasteiger partial charge in [-0.1, -0.05) is 35.9 Å². The molecule has 1 N–H and O–H groups in total. The zero-order valence-electron chi connectivity index (χ0n) is 18.2. The van der Waals surface area contributed by atoms with Crippen LogP contribution in [0.25, 0.3) is 6.08 Å². The van der Waals surface area contributed by atoms with Crippen molar-refractivity contribution in [3.8, 4) is 11.8 Å². The van der Waals surface area contributed by atoms with Crippen LogP contribution < -0.4 is 9.50 Å². The maximum atomic E-state index is 12.5. The maximum absolute atomic E-state index is 12.5. The zero-order valence-corrected chi connectivity index (χ0v) is 19.0. The molecule has 0 aliphatic rings. The first-order valence-corrected chi connectivity index (χ1v) is 11.3. The topological polar surface area (TPSA) is 139 Å². The highest BCUT2D eigenvalue weighted by Gasteiger charge is 2.17. The third-order valence-electron chi connectivity index (χ3n) is 4.75. The molecule has 0 unspecified atom stereocenters. The Morgan fingerprint density at radius 1 is 1.06 bits per heavy atom. The lowest BCUT2D eigenvalue weighted by atomic mass is 10.1. The van der Waals surface area contributed by atoms with E-state index in [1.807, 2.05) is 6.92 Å². The predicted octanol–water partition coefficient (Wildman–Crippen LogP) is 4.53. The molecule has 9 nitrogen and oxygen atoms in total. The van der Waals surface area contributed by atoms with E-state index in [0.29, 0.717) is 11.1 Å². The van der Waals surface area contributed by atoms with Crippen molar-refractivity contribution in [2.24, 2.45) is 0 Å². The van der Waals surface area contributed by atoms with Gasteiger partial charge >= 0.3 is 10.1 Å². The van der Waals surface area contributed by atoms with Crippen molar-refractivity contribution in [2.75, 3.05) is 5.32 Å². The molecule has 0 heterocycles. The Balaban J connectivity index is 1.76. The molecular weight excluding hydrogens is 458 g/mol. The number of hydrogen-bond donors (Lipinski definition) is 1. The number of nitrogens with zero attached hydrogens (tertiary/aromatic N) is 2. The van der Waals surface area contributed by atoms with Gasteiger partial charge < -0.3 is 9.50 Å². The number of carbonyl (C=O) groups is 1. The normalized spacial score (nSPS) is 11.4. The second-order valence-corrected chi connectivity index (χ2v) is 8.85. The molecule has 1 amide bonds. The highest BCUT2D eigenvalue weighted by molar-refractivity contribution is 7.87. The van der Waals surface area contributed by atoms with E-state index in [2.05, 4.69) is 5.32 Å². The van der Waals surface area contributed by atoms with Gasteiger partial charge in [-0.3, -0.25) is 14.9 Å². The lowest BCUT2D eigenvalue weighted by Gasteiger charge is -2.08. The fourth-order valence-electron chi connectivity index (χ4n) is 2.86. The summed E-state index contributed by atoms with van der Waals surface area (Å²) >= 11 is 0. The monoisotopic (exact) mass is 477 g/mol. The number of hydrogen-bond acceptors (Lipinski definition) is 7. The molecule has 172 valence electrons. The van der Waals surface area contributed by atoms with Crippen molar-refractivity contribution in [1.82, 2.24) is 0 Å². The number of non-ortho nitro benzene ring substituents is 1. The smallest absolute Gasteiger partial charge is 0.339 e. The first-order chi connectivity index (χ1) is 16.1. The van der Waals surface area contributed by atoms with Crippen LogP contribution in [0.1, 0.15) is 16.7 Å². The van der Waals surface area contributed by atoms with E-state index in [0.717, 1.165) is 5.56 Å². The molecule has 0 aromatic heterocycles. The summed E-state index contributed by atoms with van der Waals surface area (Å²) in [7, 11) is -4.01. The van der Waals surface area contributed by atoms with E-state index >= 15 is 0 Å². The van der Waals surface area contributed by atoms with Crippen LogP contribution in [-0.2, 0) is 14.9 Å². The summed E-state index contributed by atoms with van der Waals surface area (Å²) in [5.41, 5.74) is 1.72. The van der Waals surface area contributed by atoms with Gasteiger partial charge in [0, 0.05) is 12.1 Å². The van der Waals surface area contributed by atoms with E-state index in [4.69, 9.17) is 4.18 Å². The van der Waals surface area contributed by atoms with Crippen LogP contribution in [-0.4, -0.2) is 19.2 Å². The fraction of sp³-hybridized carbons (Fsp3) is 0.0833. The summed E-state index contributed by atoms with van der Waals surface area (Å²) in [6.45, 7) is 3.50. The summed E-state index contributed by atoms with van der Waals surface area (Å²) in [6.07, 6.45) is 1.31. The molecule has 3 aromatic rings. The molecule has 0 atom stereocenters. The van der Waals surface area contributed by atoms with E-state index < -0.39 is 20.9 Å². The molecular formula is C24H19N3O6S. The number of nitrogens with one attached hydrogen (secondary N) is 1. The van der Waals surface area contributed by atoms with Gasteiger partial charge in [0.1, 0.15) is 22.3 Å². The van der Waals surface area contributed by atoms with Crippen LogP contribution >= 0.6 is 0 Å². The lowest BCUT2D eigenvalue weighted by molar-refractivity contribution is -0.384. The summed E-state index contributed by atoms with van der Waals surface area (Å²) in [5, 5.41) is 22.9.